The van der Waals surface area contributed by atoms with E-state index in [-0.39, 0.29) is 48.0 Å². The smallest absolute Gasteiger partial charge is 0.307 e. The van der Waals surface area contributed by atoms with Crippen molar-refractivity contribution in [1.82, 2.24) is 20.1 Å². The van der Waals surface area contributed by atoms with Crippen LogP contribution in [0.25, 0.3) is 0 Å². The highest BCUT2D eigenvalue weighted by atomic mass is 16.5. The summed E-state index contributed by atoms with van der Waals surface area (Å²) in [6.07, 6.45) is 3.71. The molecule has 5 rings (SSSR count). The van der Waals surface area contributed by atoms with Gasteiger partial charge in [0.2, 0.25) is 11.8 Å². The number of amides is 3. The zero-order valence-electron chi connectivity index (χ0n) is 26.7. The first kappa shape index (κ1) is 32.7. The number of aromatic nitrogens is 1. The van der Waals surface area contributed by atoms with Gasteiger partial charge in [0, 0.05) is 38.4 Å². The summed E-state index contributed by atoms with van der Waals surface area (Å²) in [6.45, 7) is 4.77. The molecule has 2 aliphatic rings. The molecule has 1 aromatic heterocycles. The SMILES string of the molecule is CCOC(=O)CC(C)NC(=O)[C@@]1(c2ccccc2)CC[C@H](C(=O)N2CCC(NC(=O)c3cccn(C)c3=O)CC2)c2ccccc21. The Morgan fingerprint density at radius 3 is 2.37 bits per heavy atom. The van der Waals surface area contributed by atoms with Crippen LogP contribution in [0.5, 0.6) is 0 Å². The van der Waals surface area contributed by atoms with Gasteiger partial charge >= 0.3 is 5.97 Å². The minimum atomic E-state index is -1.04. The minimum absolute atomic E-state index is 0.00639. The molecule has 0 saturated carbocycles. The molecule has 3 amide bonds. The van der Waals surface area contributed by atoms with Gasteiger partial charge < -0.3 is 24.8 Å². The van der Waals surface area contributed by atoms with Crippen molar-refractivity contribution < 1.29 is 23.9 Å². The third-order valence-corrected chi connectivity index (χ3v) is 9.22. The molecule has 10 nitrogen and oxygen atoms in total. The zero-order valence-corrected chi connectivity index (χ0v) is 26.7. The van der Waals surface area contributed by atoms with Crippen LogP contribution < -0.4 is 16.2 Å². The van der Waals surface area contributed by atoms with Crippen LogP contribution in [0.2, 0.25) is 0 Å². The Bertz CT molecular complexity index is 1650. The predicted molar refractivity (Wildman–Crippen MR) is 173 cm³/mol. The Kier molecular flexibility index (Phi) is 10.0. The monoisotopic (exact) mass is 626 g/mol. The molecule has 1 saturated heterocycles. The summed E-state index contributed by atoms with van der Waals surface area (Å²) in [6, 6.07) is 19.9. The van der Waals surface area contributed by atoms with Crippen molar-refractivity contribution in [2.45, 2.75) is 69.4 Å². The normalized spacial score (nSPS) is 20.2. The number of rotatable bonds is 9. The van der Waals surface area contributed by atoms with E-state index in [9.17, 15) is 24.0 Å². The number of likely N-dealkylation sites (tertiary alicyclic amines) is 1. The summed E-state index contributed by atoms with van der Waals surface area (Å²) in [7, 11) is 1.61. The lowest BCUT2D eigenvalue weighted by molar-refractivity contribution is -0.144. The number of aryl methyl sites for hydroxylation is 1. The number of pyridine rings is 1. The van der Waals surface area contributed by atoms with Gasteiger partial charge in [-0.1, -0.05) is 54.6 Å². The summed E-state index contributed by atoms with van der Waals surface area (Å²) < 4.78 is 6.47. The van der Waals surface area contributed by atoms with Crippen LogP contribution in [0.3, 0.4) is 0 Å². The number of piperidine rings is 1. The van der Waals surface area contributed by atoms with E-state index in [1.807, 2.05) is 59.5 Å². The highest BCUT2D eigenvalue weighted by molar-refractivity contribution is 5.96. The first-order valence-electron chi connectivity index (χ1n) is 16.0. The van der Waals surface area contributed by atoms with Crippen LogP contribution in [0.4, 0.5) is 0 Å². The Balaban J connectivity index is 1.34. The highest BCUT2D eigenvalue weighted by Crippen LogP contribution is 2.48. The van der Waals surface area contributed by atoms with Crippen LogP contribution in [-0.2, 0) is 31.6 Å². The first-order chi connectivity index (χ1) is 22.1. The summed E-state index contributed by atoms with van der Waals surface area (Å²) in [4.78, 5) is 67.5. The lowest BCUT2D eigenvalue weighted by Gasteiger charge is -2.43. The summed E-state index contributed by atoms with van der Waals surface area (Å²) in [5, 5.41) is 6.04. The predicted octanol–water partition coefficient (Wildman–Crippen LogP) is 3.43. The van der Waals surface area contributed by atoms with Crippen molar-refractivity contribution in [1.29, 1.82) is 0 Å². The molecule has 46 heavy (non-hydrogen) atoms. The quantitative estimate of drug-likeness (QED) is 0.351. The average molecular weight is 627 g/mol. The number of benzene rings is 2. The number of hydrogen-bond acceptors (Lipinski definition) is 6. The van der Waals surface area contributed by atoms with E-state index in [0.717, 1.165) is 16.7 Å². The second-order valence-electron chi connectivity index (χ2n) is 12.2. The van der Waals surface area contributed by atoms with Crippen molar-refractivity contribution in [2.24, 2.45) is 7.05 Å². The van der Waals surface area contributed by atoms with Crippen LogP contribution in [0.1, 0.15) is 78.9 Å². The van der Waals surface area contributed by atoms with Crippen molar-refractivity contribution in [3.05, 3.63) is 106 Å². The largest absolute Gasteiger partial charge is 0.466 e. The Hall–Kier alpha value is -4.73. The number of esters is 1. The molecule has 10 heteroatoms. The molecule has 0 radical (unpaired) electrons. The van der Waals surface area contributed by atoms with Crippen molar-refractivity contribution in [3.63, 3.8) is 0 Å². The molecule has 1 fully saturated rings. The lowest BCUT2D eigenvalue weighted by Crippen LogP contribution is -2.52. The molecular formula is C36H42N4O6. The Morgan fingerprint density at radius 1 is 0.957 bits per heavy atom. The van der Waals surface area contributed by atoms with E-state index in [0.29, 0.717) is 38.8 Å². The van der Waals surface area contributed by atoms with E-state index < -0.39 is 23.3 Å². The lowest BCUT2D eigenvalue weighted by atomic mass is 9.62. The minimum Gasteiger partial charge on any atom is -0.466 e. The van der Waals surface area contributed by atoms with E-state index in [4.69, 9.17) is 4.74 Å². The van der Waals surface area contributed by atoms with Crippen LogP contribution in [0.15, 0.2) is 77.7 Å². The van der Waals surface area contributed by atoms with Gasteiger partial charge in [-0.05, 0) is 68.4 Å². The maximum Gasteiger partial charge on any atom is 0.307 e. The van der Waals surface area contributed by atoms with Crippen molar-refractivity contribution in [3.8, 4) is 0 Å². The molecule has 1 aliphatic carbocycles. The number of fused-ring (bicyclic) bond motifs is 1. The molecule has 2 N–H and O–H groups in total. The van der Waals surface area contributed by atoms with E-state index in [1.165, 1.54) is 10.6 Å². The van der Waals surface area contributed by atoms with Gasteiger partial charge in [-0.25, -0.2) is 0 Å². The molecular weight excluding hydrogens is 584 g/mol. The molecule has 2 heterocycles. The van der Waals surface area contributed by atoms with Gasteiger partial charge in [0.05, 0.1) is 24.4 Å². The molecule has 0 spiro atoms. The Morgan fingerprint density at radius 2 is 1.65 bits per heavy atom. The molecule has 3 aromatic rings. The van der Waals surface area contributed by atoms with Crippen LogP contribution in [-0.4, -0.2) is 64.9 Å². The van der Waals surface area contributed by atoms with E-state index >= 15 is 0 Å². The standard InChI is InChI=1S/C36H42N4O6/c1-4-46-31(41)23-24(2)37-35(45)36(25-11-6-5-7-12-25)19-16-28(27-13-8-9-15-30(27)36)34(44)40-21-17-26(18-22-40)38-32(42)29-14-10-20-39(3)33(29)43/h5-15,20,24,26,28H,4,16-19,21-23H2,1-3H3,(H,37,45)(H,38,42)/t24?,28-,36+/m0/s1. The van der Waals surface area contributed by atoms with Gasteiger partial charge in [0.15, 0.2) is 0 Å². The maximum absolute atomic E-state index is 14.3. The van der Waals surface area contributed by atoms with Crippen molar-refractivity contribution in [2.75, 3.05) is 19.7 Å². The van der Waals surface area contributed by atoms with Gasteiger partial charge in [-0.3, -0.25) is 24.0 Å². The van der Waals surface area contributed by atoms with Crippen molar-refractivity contribution >= 4 is 23.7 Å². The first-order valence-corrected chi connectivity index (χ1v) is 16.0. The fourth-order valence-electron chi connectivity index (χ4n) is 6.85. The molecule has 0 bridgehead atoms. The number of nitrogens with zero attached hydrogens (tertiary/aromatic N) is 2. The number of hydrogen-bond donors (Lipinski definition) is 2. The van der Waals surface area contributed by atoms with Gasteiger partial charge in [0.25, 0.3) is 11.5 Å². The maximum atomic E-state index is 14.3. The van der Waals surface area contributed by atoms with Gasteiger partial charge in [-0.15, -0.1) is 0 Å². The van der Waals surface area contributed by atoms with Crippen LogP contribution in [0, 0.1) is 0 Å². The topological polar surface area (TPSA) is 127 Å². The molecule has 3 atom stereocenters. The summed E-state index contributed by atoms with van der Waals surface area (Å²) >= 11 is 0. The second kappa shape index (κ2) is 14.1. The van der Waals surface area contributed by atoms with Gasteiger partial charge in [-0.2, -0.15) is 0 Å². The molecule has 1 aliphatic heterocycles. The summed E-state index contributed by atoms with van der Waals surface area (Å²) in [5.74, 6) is -1.40. The molecule has 2 aromatic carbocycles. The third-order valence-electron chi connectivity index (χ3n) is 9.22. The van der Waals surface area contributed by atoms with E-state index in [2.05, 4.69) is 10.6 Å². The zero-order chi connectivity index (χ0) is 32.8. The molecule has 242 valence electrons. The summed E-state index contributed by atoms with van der Waals surface area (Å²) in [5.41, 5.74) is 1.16. The third kappa shape index (κ3) is 6.61. The fourth-order valence-corrected chi connectivity index (χ4v) is 6.85. The Labute approximate surface area is 269 Å². The van der Waals surface area contributed by atoms with Gasteiger partial charge in [0.1, 0.15) is 5.56 Å². The highest BCUT2D eigenvalue weighted by Gasteiger charge is 2.49. The number of nitrogens with one attached hydrogen (secondary N) is 2. The average Bonchev–Trinajstić information content (AvgIpc) is 3.05. The van der Waals surface area contributed by atoms with E-state index in [1.54, 1.807) is 33.2 Å². The fraction of sp³-hybridized carbons (Fsp3) is 0.417. The molecule has 1 unspecified atom stereocenters. The number of ether oxygens (including phenoxy) is 1. The number of carbonyl (C=O) groups excluding carboxylic acids is 4. The second-order valence-corrected chi connectivity index (χ2v) is 12.2. The number of carbonyl (C=O) groups is 4. The van der Waals surface area contributed by atoms with Crippen LogP contribution >= 0.6 is 0 Å².